The zero-order valence-corrected chi connectivity index (χ0v) is 11.2. The van der Waals surface area contributed by atoms with Crippen molar-refractivity contribution in [3.8, 4) is 11.8 Å². The van der Waals surface area contributed by atoms with Gasteiger partial charge in [0, 0.05) is 0 Å². The summed E-state index contributed by atoms with van der Waals surface area (Å²) in [4.78, 5) is 0. The second-order valence-corrected chi connectivity index (χ2v) is 6.21. The maximum Gasteiger partial charge on any atom is 0.119 e. The van der Waals surface area contributed by atoms with Gasteiger partial charge in [-0.25, -0.2) is 0 Å². The maximum atomic E-state index is 11.8. The third-order valence-electron chi connectivity index (χ3n) is 2.24. The van der Waals surface area contributed by atoms with Crippen LogP contribution in [0.2, 0.25) is 0 Å². The lowest BCUT2D eigenvalue weighted by atomic mass is 10.2. The predicted molar refractivity (Wildman–Crippen MR) is 72.2 cm³/mol. The van der Waals surface area contributed by atoms with E-state index < -0.39 is 10.8 Å². The highest BCUT2D eigenvalue weighted by Gasteiger charge is 2.04. The number of nitrogens with zero attached hydrogens (tertiary/aromatic N) is 1. The molecule has 92 valence electrons. The number of hydrogen-bond acceptors (Lipinski definition) is 4. The normalized spacial score (nSPS) is 11.7. The van der Waals surface area contributed by atoms with E-state index in [-0.39, 0.29) is 0 Å². The van der Waals surface area contributed by atoms with E-state index in [2.05, 4.69) is 0 Å². The van der Waals surface area contributed by atoms with E-state index in [1.807, 2.05) is 23.6 Å². The lowest BCUT2D eigenvalue weighted by molar-refractivity contribution is 0.342. The van der Waals surface area contributed by atoms with Crippen LogP contribution >= 0.6 is 11.3 Å². The largest absolute Gasteiger partial charge is 0.493 e. The fourth-order valence-corrected chi connectivity index (χ4v) is 3.32. The second-order valence-electron chi connectivity index (χ2n) is 3.47. The fraction of sp³-hybridized carbons (Fsp3) is 0.154. The third kappa shape index (κ3) is 3.42. The van der Waals surface area contributed by atoms with Crippen molar-refractivity contribution in [2.45, 2.75) is 4.21 Å². The molecular formula is C13H11NO2S2. The Hall–Kier alpha value is -1.64. The van der Waals surface area contributed by atoms with Crippen LogP contribution in [0.4, 0.5) is 0 Å². The molecule has 5 heteroatoms. The van der Waals surface area contributed by atoms with Crippen molar-refractivity contribution in [1.82, 2.24) is 0 Å². The van der Waals surface area contributed by atoms with E-state index >= 15 is 0 Å². The molecule has 0 bridgehead atoms. The van der Waals surface area contributed by atoms with Crippen LogP contribution in [0.15, 0.2) is 46.0 Å². The molecule has 0 aliphatic heterocycles. The molecule has 3 nitrogen and oxygen atoms in total. The first-order valence-corrected chi connectivity index (χ1v) is 7.54. The van der Waals surface area contributed by atoms with Crippen LogP contribution in [-0.2, 0) is 10.8 Å². The minimum Gasteiger partial charge on any atom is -0.493 e. The van der Waals surface area contributed by atoms with Gasteiger partial charge in [-0.3, -0.25) is 4.21 Å². The van der Waals surface area contributed by atoms with Gasteiger partial charge in [0.1, 0.15) is 12.4 Å². The highest BCUT2D eigenvalue weighted by molar-refractivity contribution is 7.87. The van der Waals surface area contributed by atoms with Crippen molar-refractivity contribution in [2.75, 3.05) is 12.4 Å². The van der Waals surface area contributed by atoms with Gasteiger partial charge in [0.05, 0.1) is 32.4 Å². The van der Waals surface area contributed by atoms with Crippen molar-refractivity contribution in [3.05, 3.63) is 47.3 Å². The maximum absolute atomic E-state index is 11.8. The summed E-state index contributed by atoms with van der Waals surface area (Å²) in [5, 5.41) is 10.6. The Balaban J connectivity index is 1.82. The first-order valence-electron chi connectivity index (χ1n) is 5.34. The summed E-state index contributed by atoms with van der Waals surface area (Å²) in [5.41, 5.74) is 0.601. The second kappa shape index (κ2) is 6.34. The van der Waals surface area contributed by atoms with Gasteiger partial charge < -0.3 is 4.74 Å². The Kier molecular flexibility index (Phi) is 4.51. The molecule has 0 aliphatic rings. The Morgan fingerprint density at radius 2 is 2.06 bits per heavy atom. The molecule has 1 aromatic carbocycles. The van der Waals surface area contributed by atoms with E-state index in [1.54, 1.807) is 24.3 Å². The SMILES string of the molecule is N#Cc1ccc(OCCS(=O)c2cccs2)cc1. The van der Waals surface area contributed by atoms with Crippen molar-refractivity contribution in [3.63, 3.8) is 0 Å². The van der Waals surface area contributed by atoms with E-state index in [9.17, 15) is 4.21 Å². The zero-order chi connectivity index (χ0) is 12.8. The highest BCUT2D eigenvalue weighted by Crippen LogP contribution is 2.15. The Morgan fingerprint density at radius 1 is 1.28 bits per heavy atom. The van der Waals surface area contributed by atoms with Gasteiger partial charge >= 0.3 is 0 Å². The summed E-state index contributed by atoms with van der Waals surface area (Å²) in [6, 6.07) is 12.7. The van der Waals surface area contributed by atoms with Gasteiger partial charge in [-0.1, -0.05) is 6.07 Å². The summed E-state index contributed by atoms with van der Waals surface area (Å²) >= 11 is 1.49. The fourth-order valence-electron chi connectivity index (χ4n) is 1.35. The Bertz CT molecular complexity index is 556. The molecule has 18 heavy (non-hydrogen) atoms. The molecule has 0 N–H and O–H groups in total. The molecule has 0 saturated heterocycles. The lowest BCUT2D eigenvalue weighted by Crippen LogP contribution is -2.07. The molecule has 2 rings (SSSR count). The van der Waals surface area contributed by atoms with Crippen LogP contribution in [-0.4, -0.2) is 16.6 Å². The van der Waals surface area contributed by atoms with Crippen molar-refractivity contribution in [2.24, 2.45) is 0 Å². The monoisotopic (exact) mass is 277 g/mol. The Morgan fingerprint density at radius 3 is 2.67 bits per heavy atom. The van der Waals surface area contributed by atoms with Crippen molar-refractivity contribution >= 4 is 22.1 Å². The average Bonchev–Trinajstić information content (AvgIpc) is 2.93. The molecule has 1 atom stereocenters. The third-order valence-corrected chi connectivity index (χ3v) is 4.87. The molecule has 1 aromatic heterocycles. The molecule has 1 unspecified atom stereocenters. The topological polar surface area (TPSA) is 50.1 Å². The van der Waals surface area contributed by atoms with Crippen LogP contribution in [0.3, 0.4) is 0 Å². The molecular weight excluding hydrogens is 266 g/mol. The molecule has 1 heterocycles. The molecule has 0 fully saturated rings. The van der Waals surface area contributed by atoms with E-state index in [4.69, 9.17) is 10.00 Å². The van der Waals surface area contributed by atoms with Gasteiger partial charge in [-0.15, -0.1) is 11.3 Å². The number of ether oxygens (including phenoxy) is 1. The number of rotatable bonds is 5. The van der Waals surface area contributed by atoms with Crippen LogP contribution in [0.5, 0.6) is 5.75 Å². The van der Waals surface area contributed by atoms with Crippen molar-refractivity contribution < 1.29 is 8.95 Å². The standard InChI is InChI=1S/C13H11NO2S2/c14-10-11-3-5-12(6-4-11)16-7-9-18(15)13-2-1-8-17-13/h1-6,8H,7,9H2. The quantitative estimate of drug-likeness (QED) is 0.844. The number of nitriles is 1. The highest BCUT2D eigenvalue weighted by atomic mass is 32.2. The molecule has 0 aliphatic carbocycles. The van der Waals surface area contributed by atoms with Crippen LogP contribution in [0.25, 0.3) is 0 Å². The molecule has 0 saturated carbocycles. The van der Waals surface area contributed by atoms with E-state index in [0.29, 0.717) is 23.7 Å². The zero-order valence-electron chi connectivity index (χ0n) is 9.54. The number of thiophene rings is 1. The van der Waals surface area contributed by atoms with E-state index in [1.165, 1.54) is 11.3 Å². The summed E-state index contributed by atoms with van der Waals surface area (Å²) in [7, 11) is -0.991. The van der Waals surface area contributed by atoms with Crippen LogP contribution in [0.1, 0.15) is 5.56 Å². The molecule has 0 spiro atoms. The summed E-state index contributed by atoms with van der Waals surface area (Å²) < 4.78 is 18.1. The Labute approximate surface area is 112 Å². The number of benzene rings is 1. The summed E-state index contributed by atoms with van der Waals surface area (Å²) in [6.45, 7) is 0.399. The average molecular weight is 277 g/mol. The first-order chi connectivity index (χ1) is 8.79. The van der Waals surface area contributed by atoms with Crippen LogP contribution in [0, 0.1) is 11.3 Å². The predicted octanol–water partition coefficient (Wildman–Crippen LogP) is 2.81. The van der Waals surface area contributed by atoms with Gasteiger partial charge in [0.15, 0.2) is 0 Å². The van der Waals surface area contributed by atoms with Crippen molar-refractivity contribution in [1.29, 1.82) is 5.26 Å². The minimum absolute atomic E-state index is 0.399. The number of hydrogen-bond donors (Lipinski definition) is 0. The molecule has 2 aromatic rings. The van der Waals surface area contributed by atoms with Gasteiger partial charge in [-0.05, 0) is 35.7 Å². The van der Waals surface area contributed by atoms with Gasteiger partial charge in [-0.2, -0.15) is 5.26 Å². The van der Waals surface area contributed by atoms with Gasteiger partial charge in [0.25, 0.3) is 0 Å². The summed E-state index contributed by atoms with van der Waals surface area (Å²) in [5.74, 6) is 1.16. The smallest absolute Gasteiger partial charge is 0.119 e. The molecule has 0 amide bonds. The molecule has 0 radical (unpaired) electrons. The van der Waals surface area contributed by atoms with Gasteiger partial charge in [0.2, 0.25) is 0 Å². The van der Waals surface area contributed by atoms with Crippen LogP contribution < -0.4 is 4.74 Å². The summed E-state index contributed by atoms with van der Waals surface area (Å²) in [6.07, 6.45) is 0. The van der Waals surface area contributed by atoms with E-state index in [0.717, 1.165) is 4.21 Å². The first kappa shape index (κ1) is 12.8. The lowest BCUT2D eigenvalue weighted by Gasteiger charge is -2.05. The minimum atomic E-state index is -0.991.